The van der Waals surface area contributed by atoms with E-state index in [-0.39, 0.29) is 22.5 Å². The summed E-state index contributed by atoms with van der Waals surface area (Å²) in [6.07, 6.45) is 3.13. The van der Waals surface area contributed by atoms with Crippen molar-refractivity contribution < 1.29 is 18.3 Å². The number of halogens is 3. The standard InChI is InChI=1S/C18H16ClF2NO2S/c19-10-5-4-9(8-14(10)24-18(20)21)15-16-11(2-1-3-13(16)23)22-12-6-7-25-17(12)15/h4-5,8,15,18,22H,1-3,6-7H2. The molecule has 3 aliphatic rings. The van der Waals surface area contributed by atoms with Gasteiger partial charge in [-0.15, -0.1) is 11.8 Å². The quantitative estimate of drug-likeness (QED) is 0.798. The zero-order valence-corrected chi connectivity index (χ0v) is 14.9. The predicted molar refractivity (Wildman–Crippen MR) is 93.9 cm³/mol. The number of alkyl halides is 2. The smallest absolute Gasteiger partial charge is 0.387 e. The summed E-state index contributed by atoms with van der Waals surface area (Å²) < 4.78 is 29.9. The van der Waals surface area contributed by atoms with Crippen LogP contribution in [0.3, 0.4) is 0 Å². The first-order valence-electron chi connectivity index (χ1n) is 8.18. The van der Waals surface area contributed by atoms with Gasteiger partial charge in [0.15, 0.2) is 5.78 Å². The fourth-order valence-corrected chi connectivity index (χ4v) is 5.14. The van der Waals surface area contributed by atoms with Crippen molar-refractivity contribution in [2.45, 2.75) is 38.2 Å². The summed E-state index contributed by atoms with van der Waals surface area (Å²) in [5.41, 5.74) is 3.67. The minimum absolute atomic E-state index is 0.0525. The zero-order valence-electron chi connectivity index (χ0n) is 13.3. The van der Waals surface area contributed by atoms with Gasteiger partial charge in [0, 0.05) is 40.0 Å². The Morgan fingerprint density at radius 3 is 2.88 bits per heavy atom. The molecule has 0 radical (unpaired) electrons. The lowest BCUT2D eigenvalue weighted by Gasteiger charge is -2.33. The van der Waals surface area contributed by atoms with E-state index in [1.165, 1.54) is 0 Å². The summed E-state index contributed by atoms with van der Waals surface area (Å²) in [4.78, 5) is 13.7. The van der Waals surface area contributed by atoms with E-state index in [4.69, 9.17) is 11.6 Å². The van der Waals surface area contributed by atoms with Gasteiger partial charge < -0.3 is 10.1 Å². The van der Waals surface area contributed by atoms with Crippen LogP contribution in [0.25, 0.3) is 0 Å². The molecule has 0 amide bonds. The number of hydrogen-bond acceptors (Lipinski definition) is 4. The second-order valence-electron chi connectivity index (χ2n) is 6.24. The Bertz CT molecular complexity index is 806. The average molecular weight is 384 g/mol. The molecule has 7 heteroatoms. The van der Waals surface area contributed by atoms with Crippen LogP contribution in [0.15, 0.2) is 40.1 Å². The molecule has 1 aromatic carbocycles. The summed E-state index contributed by atoms with van der Waals surface area (Å²) in [6, 6.07) is 4.90. The number of rotatable bonds is 3. The van der Waals surface area contributed by atoms with Crippen LogP contribution in [-0.4, -0.2) is 18.1 Å². The highest BCUT2D eigenvalue weighted by Crippen LogP contribution is 2.50. The molecule has 4 rings (SSSR count). The van der Waals surface area contributed by atoms with Crippen molar-refractivity contribution in [3.63, 3.8) is 0 Å². The summed E-state index contributed by atoms with van der Waals surface area (Å²) in [5, 5.41) is 3.58. The van der Waals surface area contributed by atoms with E-state index in [2.05, 4.69) is 10.1 Å². The van der Waals surface area contributed by atoms with Crippen LogP contribution in [-0.2, 0) is 4.79 Å². The molecule has 25 heavy (non-hydrogen) atoms. The van der Waals surface area contributed by atoms with Crippen molar-refractivity contribution in [2.75, 3.05) is 5.75 Å². The van der Waals surface area contributed by atoms with Gasteiger partial charge in [-0.2, -0.15) is 8.78 Å². The number of benzene rings is 1. The van der Waals surface area contributed by atoms with Crippen molar-refractivity contribution in [1.82, 2.24) is 5.32 Å². The Kier molecular flexibility index (Phi) is 4.50. The first kappa shape index (κ1) is 16.9. The van der Waals surface area contributed by atoms with Gasteiger partial charge in [0.2, 0.25) is 0 Å². The maximum Gasteiger partial charge on any atom is 0.387 e. The molecule has 0 spiro atoms. The van der Waals surface area contributed by atoms with E-state index in [1.807, 2.05) is 0 Å². The van der Waals surface area contributed by atoms with Gasteiger partial charge in [-0.1, -0.05) is 17.7 Å². The number of dihydropyridines is 1. The van der Waals surface area contributed by atoms with Gasteiger partial charge in [-0.25, -0.2) is 0 Å². The van der Waals surface area contributed by atoms with Crippen LogP contribution in [0.2, 0.25) is 5.02 Å². The molecule has 1 aromatic rings. The van der Waals surface area contributed by atoms with E-state index in [1.54, 1.807) is 30.0 Å². The number of hydrogen-bond donors (Lipinski definition) is 1. The molecule has 132 valence electrons. The first-order chi connectivity index (χ1) is 12.0. The van der Waals surface area contributed by atoms with E-state index in [9.17, 15) is 13.6 Å². The van der Waals surface area contributed by atoms with E-state index >= 15 is 0 Å². The number of thioether (sulfide) groups is 1. The lowest BCUT2D eigenvalue weighted by atomic mass is 9.79. The number of ketones is 1. The van der Waals surface area contributed by atoms with Crippen LogP contribution in [0, 0.1) is 0 Å². The topological polar surface area (TPSA) is 38.3 Å². The maximum atomic E-state index is 12.7. The molecule has 1 unspecified atom stereocenters. The zero-order chi connectivity index (χ0) is 17.6. The van der Waals surface area contributed by atoms with Crippen molar-refractivity contribution in [3.05, 3.63) is 50.7 Å². The molecule has 1 aliphatic carbocycles. The first-order valence-corrected chi connectivity index (χ1v) is 9.54. The van der Waals surface area contributed by atoms with Gasteiger partial charge in [-0.3, -0.25) is 4.79 Å². The molecular weight excluding hydrogens is 368 g/mol. The molecule has 2 aliphatic heterocycles. The summed E-state index contributed by atoms with van der Waals surface area (Å²) in [5.74, 6) is 0.813. The van der Waals surface area contributed by atoms with Crippen molar-refractivity contribution in [2.24, 2.45) is 0 Å². The molecule has 0 bridgehead atoms. The molecule has 1 N–H and O–H groups in total. The largest absolute Gasteiger partial charge is 0.433 e. The van der Waals surface area contributed by atoms with Crippen LogP contribution < -0.4 is 10.1 Å². The number of ether oxygens (including phenoxy) is 1. The van der Waals surface area contributed by atoms with Gasteiger partial charge in [-0.05, 0) is 37.0 Å². The number of allylic oxidation sites excluding steroid dienone is 4. The van der Waals surface area contributed by atoms with Gasteiger partial charge in [0.25, 0.3) is 0 Å². The van der Waals surface area contributed by atoms with Gasteiger partial charge in [0.05, 0.1) is 5.02 Å². The predicted octanol–water partition coefficient (Wildman–Crippen LogP) is 4.98. The minimum atomic E-state index is -2.94. The minimum Gasteiger partial charge on any atom is -0.433 e. The second kappa shape index (κ2) is 6.65. The summed E-state index contributed by atoms with van der Waals surface area (Å²) in [7, 11) is 0. The Labute approximate surface area is 153 Å². The molecule has 0 fully saturated rings. The molecule has 1 atom stereocenters. The van der Waals surface area contributed by atoms with Crippen molar-refractivity contribution in [1.29, 1.82) is 0 Å². The third kappa shape index (κ3) is 3.06. The van der Waals surface area contributed by atoms with Crippen molar-refractivity contribution in [3.8, 4) is 5.75 Å². The Morgan fingerprint density at radius 1 is 1.24 bits per heavy atom. The molecule has 2 heterocycles. The monoisotopic (exact) mass is 383 g/mol. The van der Waals surface area contributed by atoms with Crippen LogP contribution in [0.4, 0.5) is 8.78 Å². The maximum absolute atomic E-state index is 12.7. The van der Waals surface area contributed by atoms with E-state index in [0.717, 1.165) is 52.5 Å². The number of carbonyl (C=O) groups is 1. The van der Waals surface area contributed by atoms with Crippen LogP contribution >= 0.6 is 23.4 Å². The lowest BCUT2D eigenvalue weighted by Crippen LogP contribution is -2.30. The van der Waals surface area contributed by atoms with Crippen LogP contribution in [0.5, 0.6) is 5.75 Å². The highest BCUT2D eigenvalue weighted by Gasteiger charge is 2.38. The molecule has 3 nitrogen and oxygen atoms in total. The molecule has 0 saturated carbocycles. The highest BCUT2D eigenvalue weighted by molar-refractivity contribution is 8.03. The average Bonchev–Trinajstić information content (AvgIpc) is 3.03. The fourth-order valence-electron chi connectivity index (χ4n) is 3.70. The molecule has 0 aromatic heterocycles. The third-order valence-corrected chi connectivity index (χ3v) is 6.23. The second-order valence-corrected chi connectivity index (χ2v) is 7.78. The Hall–Kier alpha value is -1.53. The fraction of sp³-hybridized carbons (Fsp3) is 0.389. The lowest BCUT2D eigenvalue weighted by molar-refractivity contribution is -0.116. The Balaban J connectivity index is 1.82. The summed E-state index contributed by atoms with van der Waals surface area (Å²) >= 11 is 7.71. The van der Waals surface area contributed by atoms with E-state index in [0.29, 0.717) is 6.42 Å². The number of carbonyl (C=O) groups excluding carboxylic acids is 1. The Morgan fingerprint density at radius 2 is 2.08 bits per heavy atom. The highest BCUT2D eigenvalue weighted by atomic mass is 35.5. The third-order valence-electron chi connectivity index (χ3n) is 4.72. The normalized spacial score (nSPS) is 22.9. The van der Waals surface area contributed by atoms with Gasteiger partial charge in [0.1, 0.15) is 5.75 Å². The van der Waals surface area contributed by atoms with Crippen LogP contribution in [0.1, 0.15) is 37.2 Å². The molecule has 0 saturated heterocycles. The number of Topliss-reactive ketones (excluding diaryl/α,β-unsaturated/α-hetero) is 1. The van der Waals surface area contributed by atoms with Crippen molar-refractivity contribution >= 4 is 29.1 Å². The SMILES string of the molecule is O=C1CCCC2=C1C(c1ccc(Cl)c(OC(F)F)c1)C1=C(CCS1)N2. The summed E-state index contributed by atoms with van der Waals surface area (Å²) in [6.45, 7) is -2.94. The van der Waals surface area contributed by atoms with E-state index < -0.39 is 6.61 Å². The molecular formula is C18H16ClF2NO2S. The van der Waals surface area contributed by atoms with Gasteiger partial charge >= 0.3 is 6.61 Å². The number of nitrogens with one attached hydrogen (secondary N) is 1.